The van der Waals surface area contributed by atoms with Crippen molar-refractivity contribution in [2.24, 2.45) is 11.8 Å². The molecule has 0 N–H and O–H groups in total. The number of nitrogens with zero attached hydrogens (tertiary/aromatic N) is 3. The standard InChI is InChI=1S/C16H27N3O/c1-3-5-14(12-17)18-8-10-19(11-9-18)16(20)15-7-4-6-13(15)2/h13-15H,3-11H2,1-2H3. The molecule has 2 rings (SSSR count). The van der Waals surface area contributed by atoms with Crippen molar-refractivity contribution in [1.29, 1.82) is 5.26 Å². The van der Waals surface area contributed by atoms with Gasteiger partial charge in [0.1, 0.15) is 0 Å². The summed E-state index contributed by atoms with van der Waals surface area (Å²) in [6.07, 6.45) is 5.44. The summed E-state index contributed by atoms with van der Waals surface area (Å²) < 4.78 is 0. The van der Waals surface area contributed by atoms with Gasteiger partial charge in [0.15, 0.2) is 0 Å². The Kier molecular flexibility index (Phi) is 5.42. The van der Waals surface area contributed by atoms with Gasteiger partial charge in [-0.3, -0.25) is 9.69 Å². The van der Waals surface area contributed by atoms with Crippen molar-refractivity contribution in [1.82, 2.24) is 9.80 Å². The molecular weight excluding hydrogens is 250 g/mol. The van der Waals surface area contributed by atoms with Gasteiger partial charge in [-0.25, -0.2) is 0 Å². The molecule has 1 saturated carbocycles. The molecule has 0 aromatic carbocycles. The fourth-order valence-electron chi connectivity index (χ4n) is 3.60. The maximum atomic E-state index is 12.5. The van der Waals surface area contributed by atoms with Crippen LogP contribution in [0.4, 0.5) is 0 Å². The summed E-state index contributed by atoms with van der Waals surface area (Å²) in [5.41, 5.74) is 0. The molecule has 112 valence electrons. The molecule has 1 saturated heterocycles. The van der Waals surface area contributed by atoms with Crippen molar-refractivity contribution in [3.05, 3.63) is 0 Å². The van der Waals surface area contributed by atoms with Gasteiger partial charge in [0, 0.05) is 32.1 Å². The summed E-state index contributed by atoms with van der Waals surface area (Å²) in [6, 6.07) is 2.43. The number of amides is 1. The van der Waals surface area contributed by atoms with Crippen LogP contribution >= 0.6 is 0 Å². The van der Waals surface area contributed by atoms with Crippen LogP contribution in [0, 0.1) is 23.2 Å². The van der Waals surface area contributed by atoms with Gasteiger partial charge in [0.2, 0.25) is 5.91 Å². The minimum absolute atomic E-state index is 0.0302. The second kappa shape index (κ2) is 7.08. The molecule has 0 spiro atoms. The van der Waals surface area contributed by atoms with Gasteiger partial charge >= 0.3 is 0 Å². The van der Waals surface area contributed by atoms with Crippen LogP contribution < -0.4 is 0 Å². The number of hydrogen-bond acceptors (Lipinski definition) is 3. The first-order chi connectivity index (χ1) is 9.67. The Balaban J connectivity index is 1.85. The van der Waals surface area contributed by atoms with Gasteiger partial charge in [0.25, 0.3) is 0 Å². The zero-order valence-electron chi connectivity index (χ0n) is 12.8. The summed E-state index contributed by atoms with van der Waals surface area (Å²) in [6.45, 7) is 7.62. The molecule has 0 bridgehead atoms. The minimum Gasteiger partial charge on any atom is -0.340 e. The molecule has 1 aliphatic carbocycles. The Morgan fingerprint density at radius 2 is 2.00 bits per heavy atom. The van der Waals surface area contributed by atoms with E-state index in [1.165, 1.54) is 12.8 Å². The lowest BCUT2D eigenvalue weighted by atomic mass is 9.96. The first-order valence-corrected chi connectivity index (χ1v) is 8.09. The quantitative estimate of drug-likeness (QED) is 0.792. The zero-order valence-corrected chi connectivity index (χ0v) is 12.8. The summed E-state index contributed by atoms with van der Waals surface area (Å²) in [5, 5.41) is 9.22. The fourth-order valence-corrected chi connectivity index (χ4v) is 3.60. The molecule has 3 unspecified atom stereocenters. The lowest BCUT2D eigenvalue weighted by Gasteiger charge is -2.38. The highest BCUT2D eigenvalue weighted by Gasteiger charge is 2.34. The van der Waals surface area contributed by atoms with Crippen LogP contribution in [-0.4, -0.2) is 47.9 Å². The molecule has 2 fully saturated rings. The highest BCUT2D eigenvalue weighted by Crippen LogP contribution is 2.32. The molecule has 4 heteroatoms. The van der Waals surface area contributed by atoms with Crippen molar-refractivity contribution in [2.75, 3.05) is 26.2 Å². The topological polar surface area (TPSA) is 47.3 Å². The Labute approximate surface area is 122 Å². The van der Waals surface area contributed by atoms with Gasteiger partial charge in [-0.2, -0.15) is 5.26 Å². The average Bonchev–Trinajstić information content (AvgIpc) is 2.90. The van der Waals surface area contributed by atoms with Crippen LogP contribution in [0.15, 0.2) is 0 Å². The maximum absolute atomic E-state index is 12.5. The second-order valence-corrected chi connectivity index (χ2v) is 6.31. The Morgan fingerprint density at radius 1 is 1.30 bits per heavy atom. The van der Waals surface area contributed by atoms with Crippen molar-refractivity contribution in [3.63, 3.8) is 0 Å². The Bertz CT molecular complexity index is 368. The van der Waals surface area contributed by atoms with E-state index in [4.69, 9.17) is 0 Å². The van der Waals surface area contributed by atoms with E-state index < -0.39 is 0 Å². The summed E-state index contributed by atoms with van der Waals surface area (Å²) >= 11 is 0. The van der Waals surface area contributed by atoms with Crippen LogP contribution in [-0.2, 0) is 4.79 Å². The first kappa shape index (κ1) is 15.3. The monoisotopic (exact) mass is 277 g/mol. The zero-order chi connectivity index (χ0) is 14.5. The number of carbonyl (C=O) groups excluding carboxylic acids is 1. The highest BCUT2D eigenvalue weighted by molar-refractivity contribution is 5.79. The normalized spacial score (nSPS) is 29.1. The highest BCUT2D eigenvalue weighted by atomic mass is 16.2. The molecule has 20 heavy (non-hydrogen) atoms. The molecule has 3 atom stereocenters. The number of rotatable bonds is 4. The van der Waals surface area contributed by atoms with E-state index in [2.05, 4.69) is 24.8 Å². The van der Waals surface area contributed by atoms with Crippen molar-refractivity contribution >= 4 is 5.91 Å². The number of nitriles is 1. The third-order valence-electron chi connectivity index (χ3n) is 4.96. The SMILES string of the molecule is CCCC(C#N)N1CCN(C(=O)C2CCCC2C)CC1. The smallest absolute Gasteiger partial charge is 0.226 e. The van der Waals surface area contributed by atoms with E-state index in [0.717, 1.165) is 45.4 Å². The van der Waals surface area contributed by atoms with Crippen LogP contribution in [0.1, 0.15) is 46.0 Å². The minimum atomic E-state index is 0.0302. The third kappa shape index (κ3) is 3.32. The number of piperazine rings is 1. The molecule has 1 heterocycles. The molecular formula is C16H27N3O. The van der Waals surface area contributed by atoms with Gasteiger partial charge < -0.3 is 4.90 Å². The summed E-state index contributed by atoms with van der Waals surface area (Å²) in [7, 11) is 0. The molecule has 1 amide bonds. The number of carbonyl (C=O) groups is 1. The van der Waals surface area contributed by atoms with Gasteiger partial charge in [-0.15, -0.1) is 0 Å². The molecule has 0 radical (unpaired) electrons. The van der Waals surface area contributed by atoms with E-state index in [1.807, 2.05) is 4.90 Å². The Morgan fingerprint density at radius 3 is 2.50 bits per heavy atom. The maximum Gasteiger partial charge on any atom is 0.226 e. The molecule has 0 aromatic heterocycles. The third-order valence-corrected chi connectivity index (χ3v) is 4.96. The summed E-state index contributed by atoms with van der Waals surface area (Å²) in [4.78, 5) is 16.8. The fraction of sp³-hybridized carbons (Fsp3) is 0.875. The molecule has 2 aliphatic rings. The van der Waals surface area contributed by atoms with E-state index >= 15 is 0 Å². The van der Waals surface area contributed by atoms with Crippen molar-refractivity contribution in [2.45, 2.75) is 52.0 Å². The lowest BCUT2D eigenvalue weighted by Crippen LogP contribution is -2.53. The lowest BCUT2D eigenvalue weighted by molar-refractivity contribution is -0.138. The van der Waals surface area contributed by atoms with Gasteiger partial charge in [-0.1, -0.05) is 26.7 Å². The predicted molar refractivity (Wildman–Crippen MR) is 79.0 cm³/mol. The predicted octanol–water partition coefficient (Wildman–Crippen LogP) is 2.26. The van der Waals surface area contributed by atoms with Crippen LogP contribution in [0.2, 0.25) is 0 Å². The van der Waals surface area contributed by atoms with Crippen LogP contribution in [0.5, 0.6) is 0 Å². The Hall–Kier alpha value is -1.08. The molecule has 1 aliphatic heterocycles. The molecule has 4 nitrogen and oxygen atoms in total. The first-order valence-electron chi connectivity index (χ1n) is 8.09. The molecule has 0 aromatic rings. The van der Waals surface area contributed by atoms with Crippen LogP contribution in [0.3, 0.4) is 0 Å². The van der Waals surface area contributed by atoms with E-state index in [0.29, 0.717) is 11.8 Å². The van der Waals surface area contributed by atoms with Gasteiger partial charge in [-0.05, 0) is 25.2 Å². The van der Waals surface area contributed by atoms with E-state index in [1.54, 1.807) is 0 Å². The largest absolute Gasteiger partial charge is 0.340 e. The second-order valence-electron chi connectivity index (χ2n) is 6.31. The van der Waals surface area contributed by atoms with E-state index in [-0.39, 0.29) is 12.0 Å². The number of hydrogen-bond donors (Lipinski definition) is 0. The average molecular weight is 277 g/mol. The van der Waals surface area contributed by atoms with Crippen LogP contribution in [0.25, 0.3) is 0 Å². The van der Waals surface area contributed by atoms with E-state index in [9.17, 15) is 10.1 Å². The van der Waals surface area contributed by atoms with Crippen molar-refractivity contribution < 1.29 is 4.79 Å². The summed E-state index contributed by atoms with van der Waals surface area (Å²) in [5.74, 6) is 1.16. The van der Waals surface area contributed by atoms with Gasteiger partial charge in [0.05, 0.1) is 12.1 Å². The van der Waals surface area contributed by atoms with Crippen molar-refractivity contribution in [3.8, 4) is 6.07 Å².